The zero-order valence-corrected chi connectivity index (χ0v) is 8.47. The molecule has 0 saturated carbocycles. The van der Waals surface area contributed by atoms with Gasteiger partial charge in [0.05, 0.1) is 16.0 Å². The predicted octanol–water partition coefficient (Wildman–Crippen LogP) is 1.27. The second-order valence-electron chi connectivity index (χ2n) is 3.47. The lowest BCUT2D eigenvalue weighted by molar-refractivity contribution is 0.203. The Labute approximate surface area is 81.8 Å². The molecule has 2 rings (SSSR count). The molecule has 1 aromatic heterocycles. The van der Waals surface area contributed by atoms with Gasteiger partial charge < -0.3 is 10.4 Å². The summed E-state index contributed by atoms with van der Waals surface area (Å²) in [7, 11) is 0. The molecule has 1 fully saturated rings. The average Bonchev–Trinajstić information content (AvgIpc) is 2.75. The highest BCUT2D eigenvalue weighted by Gasteiger charge is 2.20. The molecule has 1 aliphatic heterocycles. The van der Waals surface area contributed by atoms with Crippen LogP contribution in [0.5, 0.6) is 0 Å². The summed E-state index contributed by atoms with van der Waals surface area (Å²) in [5, 5.41) is 13.8. The van der Waals surface area contributed by atoms with E-state index in [-0.39, 0.29) is 6.10 Å². The lowest BCUT2D eigenvalue weighted by atomic mass is 10.1. The molecular formula is C9H14N2OS. The summed E-state index contributed by atoms with van der Waals surface area (Å²) in [6.07, 6.45) is 2.59. The van der Waals surface area contributed by atoms with E-state index < -0.39 is 0 Å². The van der Waals surface area contributed by atoms with Crippen LogP contribution >= 0.6 is 11.3 Å². The fourth-order valence-corrected chi connectivity index (χ4v) is 2.54. The maximum absolute atomic E-state index is 9.33. The Morgan fingerprint density at radius 3 is 3.15 bits per heavy atom. The molecule has 2 heterocycles. The molecule has 2 N–H and O–H groups in total. The van der Waals surface area contributed by atoms with Gasteiger partial charge in [-0.15, -0.1) is 11.3 Å². The highest BCUT2D eigenvalue weighted by Crippen LogP contribution is 2.29. The summed E-state index contributed by atoms with van der Waals surface area (Å²) in [6, 6.07) is 0. The van der Waals surface area contributed by atoms with Crippen LogP contribution in [0.2, 0.25) is 0 Å². The molecule has 1 aromatic rings. The Morgan fingerprint density at radius 2 is 2.62 bits per heavy atom. The van der Waals surface area contributed by atoms with Crippen molar-refractivity contribution in [1.29, 1.82) is 0 Å². The molecule has 0 amide bonds. The second-order valence-corrected chi connectivity index (χ2v) is 4.56. The number of aliphatic hydroxyl groups excluding tert-OH is 1. The zero-order chi connectivity index (χ0) is 9.26. The van der Waals surface area contributed by atoms with Gasteiger partial charge in [-0.05, 0) is 19.9 Å². The van der Waals surface area contributed by atoms with Crippen LogP contribution in [0.1, 0.15) is 35.3 Å². The summed E-state index contributed by atoms with van der Waals surface area (Å²) < 4.78 is 0. The van der Waals surface area contributed by atoms with Crippen LogP contribution in [-0.2, 0) is 0 Å². The first kappa shape index (κ1) is 9.12. The van der Waals surface area contributed by atoms with E-state index in [2.05, 4.69) is 10.3 Å². The Balaban J connectivity index is 2.12. The topological polar surface area (TPSA) is 45.2 Å². The normalized spacial score (nSPS) is 24.9. The number of rotatable bonds is 2. The minimum atomic E-state index is -0.374. The Kier molecular flexibility index (Phi) is 2.62. The first-order valence-corrected chi connectivity index (χ1v) is 5.43. The molecule has 2 atom stereocenters. The van der Waals surface area contributed by atoms with Crippen LogP contribution < -0.4 is 5.32 Å². The van der Waals surface area contributed by atoms with Crippen molar-refractivity contribution in [3.63, 3.8) is 0 Å². The van der Waals surface area contributed by atoms with Gasteiger partial charge in [-0.1, -0.05) is 0 Å². The maximum atomic E-state index is 9.33. The van der Waals surface area contributed by atoms with Crippen molar-refractivity contribution in [2.45, 2.75) is 25.4 Å². The van der Waals surface area contributed by atoms with Crippen molar-refractivity contribution in [2.75, 3.05) is 13.1 Å². The molecule has 0 radical (unpaired) electrons. The Hall–Kier alpha value is -0.450. The summed E-state index contributed by atoms with van der Waals surface area (Å²) >= 11 is 1.64. The quantitative estimate of drug-likeness (QED) is 0.752. The molecule has 4 heteroatoms. The van der Waals surface area contributed by atoms with Crippen LogP contribution in [0.25, 0.3) is 0 Å². The third-order valence-corrected chi connectivity index (χ3v) is 3.69. The standard InChI is InChI=1S/C9H14N2OS/c1-6(12)8-5-11-9(13-8)7-2-3-10-4-7/h5-7,10,12H,2-4H2,1H3. The molecule has 1 saturated heterocycles. The fourth-order valence-electron chi connectivity index (χ4n) is 1.55. The van der Waals surface area contributed by atoms with Gasteiger partial charge in [0, 0.05) is 18.7 Å². The van der Waals surface area contributed by atoms with Crippen molar-refractivity contribution in [3.8, 4) is 0 Å². The number of aromatic nitrogens is 1. The van der Waals surface area contributed by atoms with Gasteiger partial charge in [0.15, 0.2) is 0 Å². The van der Waals surface area contributed by atoms with Gasteiger partial charge >= 0.3 is 0 Å². The molecule has 0 spiro atoms. The van der Waals surface area contributed by atoms with Crippen molar-refractivity contribution in [2.24, 2.45) is 0 Å². The van der Waals surface area contributed by atoms with Crippen LogP contribution in [-0.4, -0.2) is 23.2 Å². The molecule has 0 aliphatic carbocycles. The third kappa shape index (κ3) is 1.90. The molecule has 13 heavy (non-hydrogen) atoms. The summed E-state index contributed by atoms with van der Waals surface area (Å²) in [5.74, 6) is 0.567. The fraction of sp³-hybridized carbons (Fsp3) is 0.667. The lowest BCUT2D eigenvalue weighted by Gasteiger charge is -2.02. The highest BCUT2D eigenvalue weighted by atomic mass is 32.1. The zero-order valence-electron chi connectivity index (χ0n) is 7.66. The van der Waals surface area contributed by atoms with Crippen molar-refractivity contribution >= 4 is 11.3 Å². The van der Waals surface area contributed by atoms with E-state index in [4.69, 9.17) is 0 Å². The molecule has 0 aromatic carbocycles. The Morgan fingerprint density at radius 1 is 1.77 bits per heavy atom. The monoisotopic (exact) mass is 198 g/mol. The van der Waals surface area contributed by atoms with Gasteiger partial charge in [-0.3, -0.25) is 0 Å². The van der Waals surface area contributed by atoms with Crippen LogP contribution in [0.15, 0.2) is 6.20 Å². The van der Waals surface area contributed by atoms with Crippen LogP contribution in [0, 0.1) is 0 Å². The van der Waals surface area contributed by atoms with Gasteiger partial charge in [0.2, 0.25) is 0 Å². The van der Waals surface area contributed by atoms with E-state index in [9.17, 15) is 5.11 Å². The van der Waals surface area contributed by atoms with Crippen LogP contribution in [0.3, 0.4) is 0 Å². The van der Waals surface area contributed by atoms with Gasteiger partial charge in [-0.25, -0.2) is 4.98 Å². The second kappa shape index (κ2) is 3.74. The number of thiazole rings is 1. The molecule has 72 valence electrons. The molecule has 0 bridgehead atoms. The summed E-state index contributed by atoms with van der Waals surface area (Å²) in [6.45, 7) is 3.91. The van der Waals surface area contributed by atoms with Gasteiger partial charge in [0.25, 0.3) is 0 Å². The molecule has 1 aliphatic rings. The highest BCUT2D eigenvalue weighted by molar-refractivity contribution is 7.11. The largest absolute Gasteiger partial charge is 0.388 e. The Bertz CT molecular complexity index is 279. The third-order valence-electron chi connectivity index (χ3n) is 2.36. The molecule has 3 nitrogen and oxygen atoms in total. The number of nitrogens with one attached hydrogen (secondary N) is 1. The average molecular weight is 198 g/mol. The van der Waals surface area contributed by atoms with E-state index >= 15 is 0 Å². The molecule has 2 unspecified atom stereocenters. The van der Waals surface area contributed by atoms with Gasteiger partial charge in [-0.2, -0.15) is 0 Å². The first-order chi connectivity index (χ1) is 6.27. The van der Waals surface area contributed by atoms with Crippen molar-refractivity contribution in [1.82, 2.24) is 10.3 Å². The van der Waals surface area contributed by atoms with Crippen molar-refractivity contribution < 1.29 is 5.11 Å². The van der Waals surface area contributed by atoms with E-state index in [0.717, 1.165) is 18.0 Å². The minimum absolute atomic E-state index is 0.374. The maximum Gasteiger partial charge on any atom is 0.0972 e. The first-order valence-electron chi connectivity index (χ1n) is 4.62. The number of hydrogen-bond donors (Lipinski definition) is 2. The summed E-state index contributed by atoms with van der Waals surface area (Å²) in [4.78, 5) is 5.31. The SMILES string of the molecule is CC(O)c1cnc(C2CCNC2)s1. The van der Waals surface area contributed by atoms with Crippen LogP contribution in [0.4, 0.5) is 0 Å². The summed E-state index contributed by atoms with van der Waals surface area (Å²) in [5.41, 5.74) is 0. The van der Waals surface area contributed by atoms with E-state index in [1.165, 1.54) is 11.4 Å². The molecular weight excluding hydrogens is 184 g/mol. The number of nitrogens with zero attached hydrogens (tertiary/aromatic N) is 1. The smallest absolute Gasteiger partial charge is 0.0972 e. The van der Waals surface area contributed by atoms with E-state index in [1.54, 1.807) is 24.5 Å². The van der Waals surface area contributed by atoms with Gasteiger partial charge in [0.1, 0.15) is 0 Å². The lowest BCUT2D eigenvalue weighted by Crippen LogP contribution is -2.07. The number of hydrogen-bond acceptors (Lipinski definition) is 4. The van der Waals surface area contributed by atoms with E-state index in [1.807, 2.05) is 0 Å². The minimum Gasteiger partial charge on any atom is -0.388 e. The predicted molar refractivity (Wildman–Crippen MR) is 53.0 cm³/mol. The van der Waals surface area contributed by atoms with E-state index in [0.29, 0.717) is 5.92 Å². The number of aliphatic hydroxyl groups is 1. The van der Waals surface area contributed by atoms with Crippen molar-refractivity contribution in [3.05, 3.63) is 16.1 Å².